The molecular weight excluding hydrogens is 191 g/mol. The second-order valence-electron chi connectivity index (χ2n) is 4.32. The number of aliphatic hydroxyl groups excluding tert-OH is 1. The van der Waals surface area contributed by atoms with Crippen LogP contribution in [-0.2, 0) is 0 Å². The van der Waals surface area contributed by atoms with Crippen molar-refractivity contribution in [3.05, 3.63) is 24.1 Å². The first-order valence-corrected chi connectivity index (χ1v) is 5.71. The number of hydrogen-bond donors (Lipinski definition) is 1. The molecule has 0 radical (unpaired) electrons. The zero-order valence-corrected chi connectivity index (χ0v) is 10.2. The zero-order chi connectivity index (χ0) is 11.8. The summed E-state index contributed by atoms with van der Waals surface area (Å²) in [4.78, 5) is 0. The fraction of sp³-hybridized carbons (Fsp3) is 0.692. The summed E-state index contributed by atoms with van der Waals surface area (Å²) in [7, 11) is 0. The molecule has 0 aliphatic heterocycles. The van der Waals surface area contributed by atoms with Crippen LogP contribution in [0.1, 0.15) is 40.5 Å². The lowest BCUT2D eigenvalue weighted by Gasteiger charge is -2.11. The van der Waals surface area contributed by atoms with Crippen LogP contribution in [0, 0.1) is 11.8 Å². The van der Waals surface area contributed by atoms with Crippen molar-refractivity contribution >= 4 is 0 Å². The maximum Gasteiger partial charge on any atom is 0.129 e. The number of halogens is 1. The molecule has 0 amide bonds. The summed E-state index contributed by atoms with van der Waals surface area (Å²) in [6.07, 6.45) is 5.66. The van der Waals surface area contributed by atoms with Gasteiger partial charge >= 0.3 is 0 Å². The van der Waals surface area contributed by atoms with E-state index < -0.39 is 11.9 Å². The molecule has 0 fully saturated rings. The minimum atomic E-state index is -1.07. The lowest BCUT2D eigenvalue weighted by atomic mass is 9.97. The van der Waals surface area contributed by atoms with Crippen LogP contribution in [0.25, 0.3) is 0 Å². The van der Waals surface area contributed by atoms with Crippen LogP contribution in [0.5, 0.6) is 0 Å². The Morgan fingerprint density at radius 2 is 1.93 bits per heavy atom. The summed E-state index contributed by atoms with van der Waals surface area (Å²) >= 11 is 0. The predicted molar refractivity (Wildman–Crippen MR) is 63.2 cm³/mol. The molecule has 0 saturated carbocycles. The summed E-state index contributed by atoms with van der Waals surface area (Å²) in [5, 5.41) is 9.44. The van der Waals surface area contributed by atoms with E-state index in [1.165, 1.54) is 12.2 Å². The van der Waals surface area contributed by atoms with Crippen molar-refractivity contribution in [2.24, 2.45) is 11.8 Å². The van der Waals surface area contributed by atoms with Gasteiger partial charge < -0.3 is 5.11 Å². The normalized spacial score (nSPS) is 17.4. The summed E-state index contributed by atoms with van der Waals surface area (Å²) in [5.74, 6) is 0.102. The molecule has 1 N–H and O–H groups in total. The molecule has 0 saturated heterocycles. The Bertz CT molecular complexity index is 219. The van der Waals surface area contributed by atoms with Gasteiger partial charge in [0.2, 0.25) is 0 Å². The fourth-order valence-corrected chi connectivity index (χ4v) is 1.03. The molecular formula is C13H23FO. The maximum absolute atomic E-state index is 13.4. The molecule has 0 aromatic rings. The van der Waals surface area contributed by atoms with Crippen molar-refractivity contribution in [3.63, 3.8) is 0 Å². The van der Waals surface area contributed by atoms with Crippen molar-refractivity contribution in [3.8, 4) is 0 Å². The van der Waals surface area contributed by atoms with Gasteiger partial charge in [-0.2, -0.15) is 0 Å². The van der Waals surface area contributed by atoms with Crippen LogP contribution in [0.3, 0.4) is 0 Å². The average Bonchev–Trinajstić information content (AvgIpc) is 2.17. The van der Waals surface area contributed by atoms with Crippen molar-refractivity contribution in [1.29, 1.82) is 0 Å². The summed E-state index contributed by atoms with van der Waals surface area (Å²) < 4.78 is 13.4. The first kappa shape index (κ1) is 14.4. The van der Waals surface area contributed by atoms with Crippen molar-refractivity contribution < 1.29 is 9.50 Å². The molecule has 2 atom stereocenters. The van der Waals surface area contributed by atoms with Gasteiger partial charge in [0, 0.05) is 0 Å². The molecule has 0 aliphatic carbocycles. The fourth-order valence-electron chi connectivity index (χ4n) is 1.03. The molecule has 0 aromatic heterocycles. The molecule has 88 valence electrons. The van der Waals surface area contributed by atoms with E-state index in [0.29, 0.717) is 5.92 Å². The third-order valence-corrected chi connectivity index (χ3v) is 2.53. The van der Waals surface area contributed by atoms with E-state index in [9.17, 15) is 9.50 Å². The molecule has 15 heavy (non-hydrogen) atoms. The van der Waals surface area contributed by atoms with Gasteiger partial charge in [-0.1, -0.05) is 46.3 Å². The van der Waals surface area contributed by atoms with Gasteiger partial charge in [-0.15, -0.1) is 0 Å². The number of allylic oxidation sites excluding steroid dienone is 2. The molecule has 0 spiro atoms. The first-order chi connectivity index (χ1) is 6.99. The molecule has 0 bridgehead atoms. The number of unbranched alkanes of at least 4 members (excludes halogenated alkanes) is 1. The van der Waals surface area contributed by atoms with E-state index >= 15 is 0 Å². The molecule has 0 aromatic carbocycles. The average molecular weight is 214 g/mol. The smallest absolute Gasteiger partial charge is 0.129 e. The van der Waals surface area contributed by atoms with Crippen LogP contribution in [0.15, 0.2) is 24.1 Å². The van der Waals surface area contributed by atoms with E-state index in [-0.39, 0.29) is 5.92 Å². The molecule has 0 heterocycles. The van der Waals surface area contributed by atoms with Crippen LogP contribution in [0.4, 0.5) is 4.39 Å². The topological polar surface area (TPSA) is 20.2 Å². The predicted octanol–water partition coefficient (Wildman–Crippen LogP) is 3.85. The molecule has 0 rings (SSSR count). The number of rotatable bonds is 6. The Labute approximate surface area is 92.7 Å². The van der Waals surface area contributed by atoms with E-state index in [4.69, 9.17) is 0 Å². The largest absolute Gasteiger partial charge is 0.382 e. The van der Waals surface area contributed by atoms with Crippen LogP contribution >= 0.6 is 0 Å². The number of aliphatic hydroxyl groups is 1. The van der Waals surface area contributed by atoms with Gasteiger partial charge in [-0.05, 0) is 24.3 Å². The minimum absolute atomic E-state index is 0.152. The maximum atomic E-state index is 13.4. The van der Waals surface area contributed by atoms with Gasteiger partial charge in [0.15, 0.2) is 0 Å². The van der Waals surface area contributed by atoms with E-state index in [0.717, 1.165) is 12.8 Å². The minimum Gasteiger partial charge on any atom is -0.382 e. The Balaban J connectivity index is 4.23. The molecule has 1 nitrogen and oxygen atoms in total. The molecule has 1 unspecified atom stereocenters. The molecule has 2 heteroatoms. The standard InChI is InChI=1S/C13H23FO/c1-5-6-7-8-13(15)12(14)9-11(4)10(2)3/h7-11,13,15H,5-6H2,1-4H3/b8-7-,12-9+/t11-,13?/m0/s1. The van der Waals surface area contributed by atoms with Crippen molar-refractivity contribution in [2.75, 3.05) is 0 Å². The highest BCUT2D eigenvalue weighted by Crippen LogP contribution is 2.16. The summed E-state index contributed by atoms with van der Waals surface area (Å²) in [5.41, 5.74) is 0. The van der Waals surface area contributed by atoms with Gasteiger partial charge in [0.1, 0.15) is 11.9 Å². The SMILES string of the molecule is CCC/C=C\C(O)/C(F)=C\[C@H](C)C(C)C. The van der Waals surface area contributed by atoms with Crippen LogP contribution in [0.2, 0.25) is 0 Å². The highest BCUT2D eigenvalue weighted by atomic mass is 19.1. The first-order valence-electron chi connectivity index (χ1n) is 5.71. The van der Waals surface area contributed by atoms with Crippen LogP contribution in [-0.4, -0.2) is 11.2 Å². The highest BCUT2D eigenvalue weighted by molar-refractivity contribution is 5.09. The highest BCUT2D eigenvalue weighted by Gasteiger charge is 2.10. The second-order valence-corrected chi connectivity index (χ2v) is 4.32. The third-order valence-electron chi connectivity index (χ3n) is 2.53. The van der Waals surface area contributed by atoms with E-state index in [1.54, 1.807) is 0 Å². The third kappa shape index (κ3) is 6.45. The van der Waals surface area contributed by atoms with E-state index in [1.807, 2.05) is 33.8 Å². The Hall–Kier alpha value is -0.630. The molecule has 0 aliphatic rings. The van der Waals surface area contributed by atoms with Crippen LogP contribution < -0.4 is 0 Å². The lowest BCUT2D eigenvalue weighted by Crippen LogP contribution is -2.07. The zero-order valence-electron chi connectivity index (χ0n) is 10.2. The van der Waals surface area contributed by atoms with Gasteiger partial charge in [0.25, 0.3) is 0 Å². The van der Waals surface area contributed by atoms with Crippen molar-refractivity contribution in [1.82, 2.24) is 0 Å². The Morgan fingerprint density at radius 1 is 1.33 bits per heavy atom. The summed E-state index contributed by atoms with van der Waals surface area (Å²) in [6, 6.07) is 0. The van der Waals surface area contributed by atoms with Gasteiger partial charge in [-0.3, -0.25) is 0 Å². The van der Waals surface area contributed by atoms with Gasteiger partial charge in [-0.25, -0.2) is 4.39 Å². The number of hydrogen-bond acceptors (Lipinski definition) is 1. The lowest BCUT2D eigenvalue weighted by molar-refractivity contribution is 0.225. The van der Waals surface area contributed by atoms with E-state index in [2.05, 4.69) is 0 Å². The second kappa shape index (κ2) is 7.63. The van der Waals surface area contributed by atoms with Gasteiger partial charge in [0.05, 0.1) is 0 Å². The Kier molecular flexibility index (Phi) is 7.31. The monoisotopic (exact) mass is 214 g/mol. The van der Waals surface area contributed by atoms with Crippen molar-refractivity contribution in [2.45, 2.75) is 46.6 Å². The quantitative estimate of drug-likeness (QED) is 0.666. The summed E-state index contributed by atoms with van der Waals surface area (Å²) in [6.45, 7) is 8.07. The Morgan fingerprint density at radius 3 is 2.40 bits per heavy atom.